The van der Waals surface area contributed by atoms with Crippen LogP contribution in [0.1, 0.15) is 38.4 Å². The summed E-state index contributed by atoms with van der Waals surface area (Å²) in [7, 11) is -3.53. The first-order chi connectivity index (χ1) is 8.51. The summed E-state index contributed by atoms with van der Waals surface area (Å²) in [6, 6.07) is 3.04. The molecule has 1 heterocycles. The predicted molar refractivity (Wildman–Crippen MR) is 68.4 cm³/mol. The fraction of sp³-hybridized carbons (Fsp3) is 0.667. The van der Waals surface area contributed by atoms with Gasteiger partial charge in [-0.05, 0) is 36.8 Å². The fourth-order valence-electron chi connectivity index (χ4n) is 2.15. The second kappa shape index (κ2) is 5.03. The average molecular weight is 272 g/mol. The number of hydrogen-bond acceptors (Lipinski definition) is 4. The Morgan fingerprint density at radius 2 is 2.17 bits per heavy atom. The molecule has 18 heavy (non-hydrogen) atoms. The van der Waals surface area contributed by atoms with Crippen LogP contribution in [0.2, 0.25) is 0 Å². The van der Waals surface area contributed by atoms with Crippen LogP contribution in [0.15, 0.2) is 21.6 Å². The Bertz CT molecular complexity index is 503. The zero-order valence-corrected chi connectivity index (χ0v) is 11.4. The van der Waals surface area contributed by atoms with Crippen molar-refractivity contribution < 1.29 is 12.8 Å². The second-order valence-corrected chi connectivity index (χ2v) is 6.70. The van der Waals surface area contributed by atoms with Crippen molar-refractivity contribution in [2.45, 2.75) is 44.2 Å². The molecule has 0 atom stereocenters. The van der Waals surface area contributed by atoms with E-state index in [9.17, 15) is 8.42 Å². The van der Waals surface area contributed by atoms with Gasteiger partial charge < -0.3 is 10.2 Å². The SMILES string of the molecule is CCCC1(CNS(=O)(=O)c2ccc(CN)o2)CC1. The lowest BCUT2D eigenvalue weighted by Gasteiger charge is -2.14. The molecule has 1 fully saturated rings. The van der Waals surface area contributed by atoms with Crippen molar-refractivity contribution in [3.05, 3.63) is 17.9 Å². The summed E-state index contributed by atoms with van der Waals surface area (Å²) in [5, 5.41) is -0.0461. The van der Waals surface area contributed by atoms with Crippen LogP contribution < -0.4 is 10.5 Å². The van der Waals surface area contributed by atoms with E-state index in [1.165, 1.54) is 6.07 Å². The maximum atomic E-state index is 12.0. The van der Waals surface area contributed by atoms with Gasteiger partial charge in [0.1, 0.15) is 5.76 Å². The summed E-state index contributed by atoms with van der Waals surface area (Å²) in [4.78, 5) is 0. The minimum absolute atomic E-state index is 0.0461. The van der Waals surface area contributed by atoms with Gasteiger partial charge in [0, 0.05) is 6.54 Å². The van der Waals surface area contributed by atoms with Gasteiger partial charge in [-0.1, -0.05) is 13.3 Å². The minimum Gasteiger partial charge on any atom is -0.447 e. The van der Waals surface area contributed by atoms with E-state index in [1.54, 1.807) is 6.07 Å². The van der Waals surface area contributed by atoms with E-state index < -0.39 is 10.0 Å². The molecule has 3 N–H and O–H groups in total. The number of sulfonamides is 1. The maximum absolute atomic E-state index is 12.0. The van der Waals surface area contributed by atoms with E-state index in [1.807, 2.05) is 0 Å². The van der Waals surface area contributed by atoms with Gasteiger partial charge in [-0.3, -0.25) is 0 Å². The van der Waals surface area contributed by atoms with Crippen molar-refractivity contribution in [2.75, 3.05) is 6.54 Å². The summed E-state index contributed by atoms with van der Waals surface area (Å²) in [5.41, 5.74) is 5.58. The highest BCUT2D eigenvalue weighted by molar-refractivity contribution is 7.89. The molecular weight excluding hydrogens is 252 g/mol. The van der Waals surface area contributed by atoms with Crippen LogP contribution in [-0.2, 0) is 16.6 Å². The zero-order valence-electron chi connectivity index (χ0n) is 10.6. The zero-order chi connectivity index (χ0) is 13.2. The van der Waals surface area contributed by atoms with Crippen molar-refractivity contribution in [3.63, 3.8) is 0 Å². The van der Waals surface area contributed by atoms with Crippen molar-refractivity contribution in [2.24, 2.45) is 11.1 Å². The van der Waals surface area contributed by atoms with Crippen LogP contribution in [0.25, 0.3) is 0 Å². The topological polar surface area (TPSA) is 85.3 Å². The monoisotopic (exact) mass is 272 g/mol. The Morgan fingerprint density at radius 3 is 2.67 bits per heavy atom. The van der Waals surface area contributed by atoms with E-state index in [0.717, 1.165) is 25.7 Å². The largest absolute Gasteiger partial charge is 0.447 e. The fourth-order valence-corrected chi connectivity index (χ4v) is 3.26. The molecular formula is C12H20N2O3S. The third-order valence-corrected chi connectivity index (χ3v) is 4.75. The van der Waals surface area contributed by atoms with Gasteiger partial charge in [-0.2, -0.15) is 0 Å². The number of nitrogens with one attached hydrogen (secondary N) is 1. The first-order valence-electron chi connectivity index (χ1n) is 6.30. The molecule has 0 bridgehead atoms. The first-order valence-corrected chi connectivity index (χ1v) is 7.78. The third kappa shape index (κ3) is 2.93. The minimum atomic E-state index is -3.53. The molecule has 1 saturated carbocycles. The van der Waals surface area contributed by atoms with E-state index >= 15 is 0 Å². The third-order valence-electron chi connectivity index (χ3n) is 3.48. The van der Waals surface area contributed by atoms with E-state index in [0.29, 0.717) is 12.3 Å². The Balaban J connectivity index is 1.99. The number of furan rings is 1. The molecule has 102 valence electrons. The Labute approximate surface area is 108 Å². The van der Waals surface area contributed by atoms with Crippen LogP contribution in [-0.4, -0.2) is 15.0 Å². The van der Waals surface area contributed by atoms with Gasteiger partial charge in [-0.25, -0.2) is 13.1 Å². The molecule has 0 aliphatic heterocycles. The Hall–Kier alpha value is -0.850. The highest BCUT2D eigenvalue weighted by atomic mass is 32.2. The van der Waals surface area contributed by atoms with Crippen LogP contribution >= 0.6 is 0 Å². The number of rotatable bonds is 7. The summed E-state index contributed by atoms with van der Waals surface area (Å²) >= 11 is 0. The summed E-state index contributed by atoms with van der Waals surface area (Å²) in [5.74, 6) is 0.477. The number of nitrogens with two attached hydrogens (primary N) is 1. The van der Waals surface area contributed by atoms with Gasteiger partial charge >= 0.3 is 0 Å². The predicted octanol–water partition coefficient (Wildman–Crippen LogP) is 1.60. The normalized spacial score (nSPS) is 17.9. The van der Waals surface area contributed by atoms with E-state index in [4.69, 9.17) is 10.2 Å². The van der Waals surface area contributed by atoms with Crippen LogP contribution in [0.4, 0.5) is 0 Å². The molecule has 0 saturated heterocycles. The molecule has 0 amide bonds. The lowest BCUT2D eigenvalue weighted by molar-refractivity contribution is 0.405. The van der Waals surface area contributed by atoms with Crippen LogP contribution in [0.3, 0.4) is 0 Å². The molecule has 1 aliphatic rings. The van der Waals surface area contributed by atoms with Gasteiger partial charge in [0.15, 0.2) is 0 Å². The van der Waals surface area contributed by atoms with Gasteiger partial charge in [0.25, 0.3) is 10.0 Å². The smallest absolute Gasteiger partial charge is 0.273 e. The lowest BCUT2D eigenvalue weighted by Crippen LogP contribution is -2.30. The van der Waals surface area contributed by atoms with Crippen LogP contribution in [0.5, 0.6) is 0 Å². The lowest BCUT2D eigenvalue weighted by atomic mass is 10.0. The molecule has 6 heteroatoms. The summed E-state index contributed by atoms with van der Waals surface area (Å²) in [6.45, 7) is 2.83. The van der Waals surface area contributed by atoms with Crippen molar-refractivity contribution >= 4 is 10.0 Å². The molecule has 2 rings (SSSR count). The first kappa shape index (κ1) is 13.6. The van der Waals surface area contributed by atoms with E-state index in [-0.39, 0.29) is 17.1 Å². The second-order valence-electron chi connectivity index (χ2n) is 5.00. The standard InChI is InChI=1S/C12H20N2O3S/c1-2-5-12(6-7-12)9-14-18(15,16)11-4-3-10(8-13)17-11/h3-4,14H,2,5-9,13H2,1H3. The summed E-state index contributed by atoms with van der Waals surface area (Å²) < 4.78 is 31.8. The summed E-state index contributed by atoms with van der Waals surface area (Å²) in [6.07, 6.45) is 4.37. The Kier molecular flexibility index (Phi) is 3.79. The highest BCUT2D eigenvalue weighted by Crippen LogP contribution is 2.49. The molecule has 1 aliphatic carbocycles. The molecule has 0 aromatic carbocycles. The quantitative estimate of drug-likeness (QED) is 0.789. The molecule has 1 aromatic heterocycles. The molecule has 5 nitrogen and oxygen atoms in total. The maximum Gasteiger partial charge on any atom is 0.273 e. The Morgan fingerprint density at radius 1 is 1.44 bits per heavy atom. The van der Waals surface area contributed by atoms with Gasteiger partial charge in [0.2, 0.25) is 5.09 Å². The van der Waals surface area contributed by atoms with Crippen molar-refractivity contribution in [3.8, 4) is 0 Å². The molecule has 1 aromatic rings. The van der Waals surface area contributed by atoms with Crippen molar-refractivity contribution in [1.29, 1.82) is 0 Å². The highest BCUT2D eigenvalue weighted by Gasteiger charge is 2.42. The van der Waals surface area contributed by atoms with Gasteiger partial charge in [0.05, 0.1) is 6.54 Å². The molecule has 0 spiro atoms. The van der Waals surface area contributed by atoms with Crippen molar-refractivity contribution in [1.82, 2.24) is 4.72 Å². The van der Waals surface area contributed by atoms with Crippen LogP contribution in [0, 0.1) is 5.41 Å². The average Bonchev–Trinajstić information content (AvgIpc) is 2.93. The van der Waals surface area contributed by atoms with E-state index in [2.05, 4.69) is 11.6 Å². The van der Waals surface area contributed by atoms with Gasteiger partial charge in [-0.15, -0.1) is 0 Å². The molecule has 0 radical (unpaired) electrons. The number of hydrogen-bond donors (Lipinski definition) is 2. The molecule has 0 unspecified atom stereocenters.